The van der Waals surface area contributed by atoms with Crippen LogP contribution in [-0.4, -0.2) is 53.6 Å². The molecule has 10 nitrogen and oxygen atoms in total. The van der Waals surface area contributed by atoms with Crippen molar-refractivity contribution in [3.8, 4) is 17.4 Å². The highest BCUT2D eigenvalue weighted by Crippen LogP contribution is 2.30. The molecule has 0 unspecified atom stereocenters. The number of methoxy groups -OCH3 is 2. The van der Waals surface area contributed by atoms with Crippen LogP contribution >= 0.6 is 23.4 Å². The molecule has 47 heavy (non-hydrogen) atoms. The summed E-state index contributed by atoms with van der Waals surface area (Å²) in [6.45, 7) is 3.17. The second-order valence-corrected chi connectivity index (χ2v) is 11.6. The van der Waals surface area contributed by atoms with Gasteiger partial charge >= 0.3 is 0 Å². The monoisotopic (exact) mass is 682 g/mol. The molecule has 0 saturated carbocycles. The van der Waals surface area contributed by atoms with E-state index in [9.17, 15) is 13.6 Å². The molecule has 5 aromatic rings. The largest absolute Gasteiger partial charge is 0.497 e. The Bertz CT molecular complexity index is 1850. The van der Waals surface area contributed by atoms with E-state index in [4.69, 9.17) is 25.8 Å². The third-order valence-electron chi connectivity index (χ3n) is 7.38. The van der Waals surface area contributed by atoms with Crippen LogP contribution < -0.4 is 30.0 Å². The summed E-state index contributed by atoms with van der Waals surface area (Å²) < 4.78 is 45.8. The summed E-state index contributed by atoms with van der Waals surface area (Å²) >= 11 is 7.15. The van der Waals surface area contributed by atoms with Crippen LogP contribution in [0.15, 0.2) is 70.7 Å². The lowest BCUT2D eigenvalue weighted by Crippen LogP contribution is -2.29. The van der Waals surface area contributed by atoms with Crippen LogP contribution in [0.4, 0.5) is 14.6 Å². The van der Waals surface area contributed by atoms with Crippen molar-refractivity contribution in [2.75, 3.05) is 38.5 Å². The fourth-order valence-corrected chi connectivity index (χ4v) is 5.52. The summed E-state index contributed by atoms with van der Waals surface area (Å²) in [5, 5.41) is 2.97. The van der Waals surface area contributed by atoms with Gasteiger partial charge in [-0.3, -0.25) is 4.79 Å². The van der Waals surface area contributed by atoms with E-state index in [2.05, 4.69) is 30.2 Å². The van der Waals surface area contributed by atoms with Gasteiger partial charge in [0.1, 0.15) is 40.6 Å². The molecule has 0 bridgehead atoms. The van der Waals surface area contributed by atoms with Crippen molar-refractivity contribution in [2.24, 2.45) is 0 Å². The van der Waals surface area contributed by atoms with Gasteiger partial charge in [-0.25, -0.2) is 18.7 Å². The number of anilines is 1. The van der Waals surface area contributed by atoms with Crippen LogP contribution in [0, 0.1) is 11.6 Å². The predicted molar refractivity (Wildman–Crippen MR) is 179 cm³/mol. The minimum atomic E-state index is -0.901. The Kier molecular flexibility index (Phi) is 11.1. The van der Waals surface area contributed by atoms with Crippen molar-refractivity contribution >= 4 is 40.1 Å². The van der Waals surface area contributed by atoms with Crippen molar-refractivity contribution in [3.63, 3.8) is 0 Å². The second-order valence-electron chi connectivity index (χ2n) is 10.5. The van der Waals surface area contributed by atoms with Gasteiger partial charge in [-0.1, -0.05) is 47.6 Å². The van der Waals surface area contributed by atoms with E-state index in [-0.39, 0.29) is 41.1 Å². The van der Waals surface area contributed by atoms with Crippen LogP contribution in [0.25, 0.3) is 10.9 Å². The van der Waals surface area contributed by atoms with E-state index in [1.807, 2.05) is 55.5 Å². The normalized spacial score (nSPS) is 11.8. The summed E-state index contributed by atoms with van der Waals surface area (Å²) in [6, 6.07) is 16.6. The topological polar surface area (TPSA) is 114 Å². The Balaban J connectivity index is 1.36. The first-order chi connectivity index (χ1) is 22.7. The number of aromatic nitrogens is 4. The lowest BCUT2D eigenvalue weighted by atomic mass is 10.1. The first kappa shape index (κ1) is 33.9. The van der Waals surface area contributed by atoms with E-state index >= 15 is 0 Å². The van der Waals surface area contributed by atoms with Gasteiger partial charge in [0.25, 0.3) is 5.56 Å². The second kappa shape index (κ2) is 15.4. The van der Waals surface area contributed by atoms with Crippen molar-refractivity contribution in [2.45, 2.75) is 31.2 Å². The lowest BCUT2D eigenvalue weighted by Gasteiger charge is -2.28. The van der Waals surface area contributed by atoms with Gasteiger partial charge in [0.05, 0.1) is 20.4 Å². The average Bonchev–Trinajstić information content (AvgIpc) is 3.08. The molecular formula is C33H33ClF2N6O4S. The van der Waals surface area contributed by atoms with Gasteiger partial charge in [0.15, 0.2) is 16.1 Å². The summed E-state index contributed by atoms with van der Waals surface area (Å²) in [4.78, 5) is 30.0. The molecule has 5 rings (SSSR count). The number of ether oxygens (including phenoxy) is 3. The molecule has 0 amide bonds. The fourth-order valence-electron chi connectivity index (χ4n) is 4.97. The molecule has 3 aromatic heterocycles. The molecule has 14 heteroatoms. The third-order valence-corrected chi connectivity index (χ3v) is 8.21. The van der Waals surface area contributed by atoms with E-state index in [0.717, 1.165) is 34.4 Å². The van der Waals surface area contributed by atoms with Gasteiger partial charge in [-0.15, -0.1) is 0 Å². The molecule has 246 valence electrons. The maximum Gasteiger partial charge on any atom is 0.265 e. The first-order valence-corrected chi connectivity index (χ1v) is 16.2. The van der Waals surface area contributed by atoms with Crippen LogP contribution in [0.5, 0.6) is 17.4 Å². The Labute approximate surface area is 279 Å². The lowest BCUT2D eigenvalue weighted by molar-refractivity contribution is 0.299. The summed E-state index contributed by atoms with van der Waals surface area (Å²) in [5.41, 5.74) is 1.84. The van der Waals surface area contributed by atoms with E-state index < -0.39 is 22.3 Å². The minimum Gasteiger partial charge on any atom is -0.497 e. The summed E-state index contributed by atoms with van der Waals surface area (Å²) in [7, 11) is 3.23. The molecule has 1 atom stereocenters. The van der Waals surface area contributed by atoms with Gasteiger partial charge in [-0.2, -0.15) is 4.98 Å². The Morgan fingerprint density at radius 2 is 1.62 bits per heavy atom. The van der Waals surface area contributed by atoms with Crippen LogP contribution in [0.1, 0.15) is 29.7 Å². The van der Waals surface area contributed by atoms with E-state index in [1.165, 1.54) is 12.3 Å². The van der Waals surface area contributed by atoms with Crippen molar-refractivity contribution in [3.05, 3.63) is 105 Å². The fraction of sp³-hybridized carbons (Fsp3) is 0.273. The highest BCUT2D eigenvalue weighted by atomic mass is 35.5. The molecule has 2 aromatic carbocycles. The van der Waals surface area contributed by atoms with Gasteiger partial charge in [0, 0.05) is 31.2 Å². The maximum absolute atomic E-state index is 14.7. The first-order valence-electron chi connectivity index (χ1n) is 14.6. The molecule has 0 saturated heterocycles. The van der Waals surface area contributed by atoms with Crippen molar-refractivity contribution < 1.29 is 23.0 Å². The average molecular weight is 683 g/mol. The zero-order chi connectivity index (χ0) is 33.5. The SMILES string of the molecule is COc1ccc(CN(Cc2ccc(OC)cc2)c2ncc(F)cc2[C@@H](C)NCCOc2nc(Cl)c(F)c3nc(SC)[nH]c(=O)c23)cc1. The molecule has 0 spiro atoms. The zero-order valence-electron chi connectivity index (χ0n) is 26.1. The molecule has 0 aliphatic carbocycles. The zero-order valence-corrected chi connectivity index (χ0v) is 27.7. The van der Waals surface area contributed by atoms with Crippen LogP contribution in [-0.2, 0) is 13.1 Å². The van der Waals surface area contributed by atoms with Gasteiger partial charge in [0.2, 0.25) is 5.88 Å². The number of fused-ring (bicyclic) bond motifs is 1. The standard InChI is InChI=1S/C33H33ClF2N6O4S/c1-19(37-13-14-46-32-26-28(27(36)29(34)40-32)39-33(47-4)41-31(26)43)25-15-22(35)16-38-30(25)42(17-20-5-9-23(44-2)10-6-20)18-21-7-11-24(45-3)12-8-21/h5-12,15-16,19,37H,13-14,17-18H2,1-4H3,(H,39,41,43)/t19-/m1/s1. The van der Waals surface area contributed by atoms with Gasteiger partial charge in [-0.05, 0) is 54.6 Å². The van der Waals surface area contributed by atoms with Crippen molar-refractivity contribution in [1.29, 1.82) is 0 Å². The predicted octanol–water partition coefficient (Wildman–Crippen LogP) is 6.32. The Morgan fingerprint density at radius 1 is 1.00 bits per heavy atom. The number of benzene rings is 2. The number of aromatic amines is 1. The third kappa shape index (κ3) is 8.10. The molecule has 0 aliphatic heterocycles. The maximum atomic E-state index is 14.7. The smallest absolute Gasteiger partial charge is 0.265 e. The van der Waals surface area contributed by atoms with E-state index in [1.54, 1.807) is 20.5 Å². The highest BCUT2D eigenvalue weighted by Gasteiger charge is 2.21. The van der Waals surface area contributed by atoms with Crippen LogP contribution in [0.2, 0.25) is 5.15 Å². The number of halogens is 3. The molecule has 2 N–H and O–H groups in total. The molecule has 0 radical (unpaired) electrons. The Hall–Kier alpha value is -4.46. The molecular weight excluding hydrogens is 650 g/mol. The number of pyridine rings is 2. The number of H-pyrrole nitrogens is 1. The minimum absolute atomic E-state index is 0.0393. The molecule has 0 fully saturated rings. The molecule has 0 aliphatic rings. The van der Waals surface area contributed by atoms with Crippen molar-refractivity contribution in [1.82, 2.24) is 25.3 Å². The Morgan fingerprint density at radius 3 is 2.19 bits per heavy atom. The summed E-state index contributed by atoms with van der Waals surface area (Å²) in [6.07, 6.45) is 2.90. The summed E-state index contributed by atoms with van der Waals surface area (Å²) in [5.74, 6) is 0.567. The quantitative estimate of drug-likeness (QED) is 0.0597. The number of hydrogen-bond acceptors (Lipinski definition) is 10. The number of nitrogens with zero attached hydrogens (tertiary/aromatic N) is 4. The number of nitrogens with one attached hydrogen (secondary N) is 2. The van der Waals surface area contributed by atoms with Crippen LogP contribution in [0.3, 0.4) is 0 Å². The molecule has 3 heterocycles. The highest BCUT2D eigenvalue weighted by molar-refractivity contribution is 7.98. The van der Waals surface area contributed by atoms with E-state index in [0.29, 0.717) is 24.5 Å². The van der Waals surface area contributed by atoms with Gasteiger partial charge < -0.3 is 29.4 Å². The number of hydrogen-bond donors (Lipinski definition) is 2. The number of thioether (sulfide) groups is 1. The number of rotatable bonds is 14.